The lowest BCUT2D eigenvalue weighted by molar-refractivity contribution is -0.128. The van der Waals surface area contributed by atoms with E-state index in [0.29, 0.717) is 16.8 Å². The first-order valence-corrected chi connectivity index (χ1v) is 7.10. The molecule has 5 nitrogen and oxygen atoms in total. The van der Waals surface area contributed by atoms with Crippen LogP contribution >= 0.6 is 15.9 Å². The number of furan rings is 1. The number of anilines is 1. The quantitative estimate of drug-likeness (QED) is 0.902. The summed E-state index contributed by atoms with van der Waals surface area (Å²) in [5.74, 6) is 0.669. The topological polar surface area (TPSA) is 69.3 Å². The van der Waals surface area contributed by atoms with Gasteiger partial charge in [-0.15, -0.1) is 0 Å². The highest BCUT2D eigenvalue weighted by molar-refractivity contribution is 9.10. The second-order valence-electron chi connectivity index (χ2n) is 4.50. The van der Waals surface area contributed by atoms with E-state index < -0.39 is 0 Å². The first-order valence-electron chi connectivity index (χ1n) is 6.30. The molecule has 0 aliphatic rings. The molecule has 0 bridgehead atoms. The maximum absolute atomic E-state index is 12.0. The molecule has 21 heavy (non-hydrogen) atoms. The van der Waals surface area contributed by atoms with Gasteiger partial charge in [0.05, 0.1) is 24.7 Å². The average Bonchev–Trinajstić information content (AvgIpc) is 2.90. The number of benzene rings is 1. The molecule has 0 saturated carbocycles. The van der Waals surface area contributed by atoms with Crippen LogP contribution in [0.4, 0.5) is 5.69 Å². The van der Waals surface area contributed by atoms with Crippen LogP contribution in [-0.4, -0.2) is 24.4 Å². The number of nitriles is 1. The first kappa shape index (κ1) is 15.1. The first-order chi connectivity index (χ1) is 10.1. The Labute approximate surface area is 131 Å². The summed E-state index contributed by atoms with van der Waals surface area (Å²) >= 11 is 3.23. The minimum Gasteiger partial charge on any atom is -0.452 e. The van der Waals surface area contributed by atoms with E-state index in [2.05, 4.69) is 21.2 Å². The van der Waals surface area contributed by atoms with Crippen molar-refractivity contribution in [2.24, 2.45) is 0 Å². The van der Waals surface area contributed by atoms with Crippen molar-refractivity contribution in [3.63, 3.8) is 0 Å². The Balaban J connectivity index is 1.84. The van der Waals surface area contributed by atoms with E-state index in [9.17, 15) is 4.79 Å². The summed E-state index contributed by atoms with van der Waals surface area (Å²) in [6.45, 7) is 0.601. The van der Waals surface area contributed by atoms with Gasteiger partial charge in [0.25, 0.3) is 0 Å². The fourth-order valence-electron chi connectivity index (χ4n) is 1.73. The van der Waals surface area contributed by atoms with Gasteiger partial charge in [0, 0.05) is 12.7 Å². The molecule has 0 unspecified atom stereocenters. The number of carbonyl (C=O) groups is 1. The Morgan fingerprint density at radius 3 is 2.62 bits per heavy atom. The van der Waals surface area contributed by atoms with E-state index in [1.165, 1.54) is 0 Å². The number of rotatable bonds is 5. The summed E-state index contributed by atoms with van der Waals surface area (Å²) in [4.78, 5) is 13.6. The Bertz CT molecular complexity index is 658. The molecule has 1 aromatic heterocycles. The Hall–Kier alpha value is -2.26. The molecule has 1 N–H and O–H groups in total. The summed E-state index contributed by atoms with van der Waals surface area (Å²) < 4.78 is 6.01. The van der Waals surface area contributed by atoms with E-state index >= 15 is 0 Å². The molecule has 0 aliphatic carbocycles. The van der Waals surface area contributed by atoms with E-state index in [4.69, 9.17) is 9.68 Å². The molecule has 1 amide bonds. The zero-order valence-corrected chi connectivity index (χ0v) is 13.1. The van der Waals surface area contributed by atoms with Crippen molar-refractivity contribution in [2.45, 2.75) is 6.54 Å². The van der Waals surface area contributed by atoms with Gasteiger partial charge in [0.15, 0.2) is 4.67 Å². The third-order valence-corrected chi connectivity index (χ3v) is 3.33. The maximum atomic E-state index is 12.0. The molecule has 0 atom stereocenters. The summed E-state index contributed by atoms with van der Waals surface area (Å²) in [6.07, 6.45) is 0. The van der Waals surface area contributed by atoms with Crippen molar-refractivity contribution < 1.29 is 9.21 Å². The molecule has 1 heterocycles. The molecule has 0 aliphatic heterocycles. The Morgan fingerprint density at radius 1 is 1.33 bits per heavy atom. The highest BCUT2D eigenvalue weighted by Crippen LogP contribution is 2.15. The van der Waals surface area contributed by atoms with Crippen molar-refractivity contribution in [3.8, 4) is 6.07 Å². The fraction of sp³-hybridized carbons (Fsp3) is 0.200. The van der Waals surface area contributed by atoms with E-state index in [1.807, 2.05) is 12.1 Å². The van der Waals surface area contributed by atoms with Gasteiger partial charge in [0.1, 0.15) is 5.76 Å². The van der Waals surface area contributed by atoms with Gasteiger partial charge in [-0.2, -0.15) is 5.26 Å². The van der Waals surface area contributed by atoms with Crippen LogP contribution in [0.2, 0.25) is 0 Å². The molecule has 2 rings (SSSR count). The van der Waals surface area contributed by atoms with Crippen LogP contribution < -0.4 is 5.32 Å². The molecule has 0 saturated heterocycles. The summed E-state index contributed by atoms with van der Waals surface area (Å²) in [6, 6.07) is 12.6. The zero-order valence-electron chi connectivity index (χ0n) is 11.5. The van der Waals surface area contributed by atoms with Crippen LogP contribution in [-0.2, 0) is 11.3 Å². The van der Waals surface area contributed by atoms with Gasteiger partial charge in [-0.1, -0.05) is 0 Å². The number of carbonyl (C=O) groups excluding carboxylic acids is 1. The average molecular weight is 348 g/mol. The molecular weight excluding hydrogens is 334 g/mol. The van der Waals surface area contributed by atoms with E-state index in [0.717, 1.165) is 11.4 Å². The van der Waals surface area contributed by atoms with Crippen molar-refractivity contribution in [2.75, 3.05) is 18.9 Å². The number of hydrogen-bond acceptors (Lipinski definition) is 4. The maximum Gasteiger partial charge on any atom is 0.242 e. The van der Waals surface area contributed by atoms with Crippen molar-refractivity contribution in [1.29, 1.82) is 5.26 Å². The fourth-order valence-corrected chi connectivity index (χ4v) is 2.07. The predicted molar refractivity (Wildman–Crippen MR) is 82.5 cm³/mol. The highest BCUT2D eigenvalue weighted by atomic mass is 79.9. The van der Waals surface area contributed by atoms with Gasteiger partial charge >= 0.3 is 0 Å². The Kier molecular flexibility index (Phi) is 5.01. The van der Waals surface area contributed by atoms with Crippen molar-refractivity contribution in [3.05, 3.63) is 52.4 Å². The van der Waals surface area contributed by atoms with Gasteiger partial charge < -0.3 is 14.6 Å². The van der Waals surface area contributed by atoms with Crippen LogP contribution in [0.15, 0.2) is 45.5 Å². The Morgan fingerprint density at radius 2 is 2.05 bits per heavy atom. The molecule has 6 heteroatoms. The second-order valence-corrected chi connectivity index (χ2v) is 5.28. The minimum absolute atomic E-state index is 0.0492. The summed E-state index contributed by atoms with van der Waals surface area (Å²) in [5.41, 5.74) is 1.39. The van der Waals surface area contributed by atoms with E-state index in [-0.39, 0.29) is 12.5 Å². The van der Waals surface area contributed by atoms with Crippen LogP contribution in [0.25, 0.3) is 0 Å². The van der Waals surface area contributed by atoms with Gasteiger partial charge in [-0.3, -0.25) is 4.79 Å². The lowest BCUT2D eigenvalue weighted by Crippen LogP contribution is -2.31. The number of nitrogens with zero attached hydrogens (tertiary/aromatic N) is 2. The monoisotopic (exact) mass is 347 g/mol. The largest absolute Gasteiger partial charge is 0.452 e. The molecule has 1 aromatic carbocycles. The smallest absolute Gasteiger partial charge is 0.242 e. The third kappa shape index (κ3) is 4.36. The molecule has 0 radical (unpaired) electrons. The summed E-state index contributed by atoms with van der Waals surface area (Å²) in [7, 11) is 1.72. The van der Waals surface area contributed by atoms with Crippen LogP contribution in [0.3, 0.4) is 0 Å². The van der Waals surface area contributed by atoms with Crippen molar-refractivity contribution in [1.82, 2.24) is 4.90 Å². The van der Waals surface area contributed by atoms with E-state index in [1.54, 1.807) is 42.3 Å². The number of nitrogens with one attached hydrogen (secondary N) is 1. The lowest BCUT2D eigenvalue weighted by atomic mass is 10.2. The predicted octanol–water partition coefficient (Wildman–Crippen LogP) is 2.98. The van der Waals surface area contributed by atoms with Gasteiger partial charge in [-0.25, -0.2) is 0 Å². The van der Waals surface area contributed by atoms with Gasteiger partial charge in [-0.05, 0) is 52.3 Å². The van der Waals surface area contributed by atoms with Crippen LogP contribution in [0.1, 0.15) is 11.3 Å². The second kappa shape index (κ2) is 6.95. The number of halogens is 1. The third-order valence-electron chi connectivity index (χ3n) is 2.91. The molecule has 108 valence electrons. The standard InChI is InChI=1S/C15H14BrN3O2/c1-19(10-13-6-7-14(16)21-13)15(20)9-18-12-4-2-11(8-17)3-5-12/h2-7,18H,9-10H2,1H3. The van der Waals surface area contributed by atoms with Crippen LogP contribution in [0.5, 0.6) is 0 Å². The highest BCUT2D eigenvalue weighted by Gasteiger charge is 2.11. The molecular formula is C15H14BrN3O2. The van der Waals surface area contributed by atoms with Crippen LogP contribution in [0, 0.1) is 11.3 Å². The van der Waals surface area contributed by atoms with Crippen molar-refractivity contribution >= 4 is 27.5 Å². The number of amides is 1. The SMILES string of the molecule is CN(Cc1ccc(Br)o1)C(=O)CNc1ccc(C#N)cc1. The molecule has 0 fully saturated rings. The normalized spacial score (nSPS) is 9.95. The summed E-state index contributed by atoms with van der Waals surface area (Å²) in [5, 5.41) is 11.7. The lowest BCUT2D eigenvalue weighted by Gasteiger charge is -2.16. The molecule has 2 aromatic rings. The molecule has 0 spiro atoms. The number of hydrogen-bond donors (Lipinski definition) is 1. The van der Waals surface area contributed by atoms with Gasteiger partial charge in [0.2, 0.25) is 5.91 Å². The minimum atomic E-state index is -0.0492. The zero-order chi connectivity index (χ0) is 15.2. The number of likely N-dealkylation sites (N-methyl/N-ethyl adjacent to an activating group) is 1.